The first-order valence-electron chi connectivity index (χ1n) is 17.0. The predicted molar refractivity (Wildman–Crippen MR) is 154 cm³/mol. The minimum absolute atomic E-state index is 0.00374. The summed E-state index contributed by atoms with van der Waals surface area (Å²) >= 11 is 0. The lowest BCUT2D eigenvalue weighted by atomic mass is 9.51. The summed E-state index contributed by atoms with van der Waals surface area (Å²) in [5.74, 6) is 3.97. The molecule has 0 aromatic carbocycles. The van der Waals surface area contributed by atoms with Gasteiger partial charge in [-0.2, -0.15) is 0 Å². The average Bonchev–Trinajstić information content (AvgIpc) is 3.33. The Morgan fingerprint density at radius 1 is 0.786 bits per heavy atom. The smallest absolute Gasteiger partial charge is 0.186 e. The van der Waals surface area contributed by atoms with E-state index >= 15 is 0 Å². The molecular formula is C33H55NO8. The molecule has 0 bridgehead atoms. The Labute approximate surface area is 250 Å². The van der Waals surface area contributed by atoms with E-state index in [2.05, 4.69) is 25.7 Å². The van der Waals surface area contributed by atoms with Crippen LogP contribution in [-0.4, -0.2) is 110 Å². The number of aliphatic hydroxyl groups is 6. The van der Waals surface area contributed by atoms with Crippen LogP contribution in [0.15, 0.2) is 0 Å². The SMILES string of the molecule is C[C@H]1CC[C@H]2N(C1)C[C@H]1[C@H]3C[C@H]4[C@@H](C[C@H](O)[C@H]5C[C@@H](O[C@@H]6O[C@H](CO)[C@@H](O)[C@H](O)[C@@H]6O)CC[C@@]54C)[C@H]3CC[C@@H]1[C@@]2(C)O. The fourth-order valence-corrected chi connectivity index (χ4v) is 12.1. The Balaban J connectivity index is 1.07. The molecule has 7 aliphatic rings. The number of rotatable bonds is 3. The van der Waals surface area contributed by atoms with E-state index in [1.807, 2.05) is 0 Å². The van der Waals surface area contributed by atoms with Crippen molar-refractivity contribution in [2.75, 3.05) is 19.7 Å². The summed E-state index contributed by atoms with van der Waals surface area (Å²) in [6.45, 7) is 8.63. The number of hydrogen-bond acceptors (Lipinski definition) is 9. The van der Waals surface area contributed by atoms with Crippen LogP contribution in [0.2, 0.25) is 0 Å². The zero-order valence-corrected chi connectivity index (χ0v) is 25.7. The third kappa shape index (κ3) is 4.58. The molecule has 0 aromatic rings. The second-order valence-electron chi connectivity index (χ2n) is 16.2. The number of fused-ring (bicyclic) bond motifs is 8. The highest BCUT2D eigenvalue weighted by atomic mass is 16.7. The maximum atomic E-state index is 12.0. The molecule has 4 saturated carbocycles. The highest BCUT2D eigenvalue weighted by Gasteiger charge is 2.64. The van der Waals surface area contributed by atoms with Crippen molar-refractivity contribution in [1.82, 2.24) is 4.90 Å². The van der Waals surface area contributed by atoms with Gasteiger partial charge in [0.2, 0.25) is 0 Å². The summed E-state index contributed by atoms with van der Waals surface area (Å²) in [6.07, 6.45) is 1.96. The van der Waals surface area contributed by atoms with Crippen LogP contribution >= 0.6 is 0 Å². The van der Waals surface area contributed by atoms with Gasteiger partial charge in [0.15, 0.2) is 6.29 Å². The van der Waals surface area contributed by atoms with Crippen LogP contribution in [0.4, 0.5) is 0 Å². The number of hydrogen-bond donors (Lipinski definition) is 6. The van der Waals surface area contributed by atoms with Gasteiger partial charge >= 0.3 is 0 Å². The molecule has 18 atom stereocenters. The summed E-state index contributed by atoms with van der Waals surface area (Å²) in [4.78, 5) is 2.64. The van der Waals surface area contributed by atoms with Crippen molar-refractivity contribution in [1.29, 1.82) is 0 Å². The third-order valence-corrected chi connectivity index (χ3v) is 14.2. The number of ether oxygens (including phenoxy) is 2. The standard InChI is InChI=1S/C33H55NO8/c1-16-4-7-27-33(3,40)22-6-5-18-19(21(22)14-34(27)13-16)11-23-20(18)12-25(36)24-10-17(8-9-32(23,24)2)41-31-30(39)29(38)28(37)26(15-35)42-31/h16-31,35-40H,4-15H2,1-3H3/t16-,17-,18-,19-,20-,21-,22-,23-,24+,25-,26+,27+,28+,29-,30-,31+,32+,33+/m0/s1. The van der Waals surface area contributed by atoms with Crippen molar-refractivity contribution in [3.63, 3.8) is 0 Å². The highest BCUT2D eigenvalue weighted by molar-refractivity contribution is 5.14. The molecule has 9 heteroatoms. The monoisotopic (exact) mass is 593 g/mol. The molecule has 42 heavy (non-hydrogen) atoms. The maximum Gasteiger partial charge on any atom is 0.186 e. The van der Waals surface area contributed by atoms with Gasteiger partial charge < -0.3 is 40.1 Å². The lowest BCUT2D eigenvalue weighted by Gasteiger charge is -2.60. The van der Waals surface area contributed by atoms with Gasteiger partial charge in [-0.3, -0.25) is 4.90 Å². The van der Waals surface area contributed by atoms with E-state index in [0.717, 1.165) is 45.2 Å². The maximum absolute atomic E-state index is 12.0. The lowest BCUT2D eigenvalue weighted by Crippen LogP contribution is -2.67. The molecule has 7 fully saturated rings. The summed E-state index contributed by atoms with van der Waals surface area (Å²) < 4.78 is 11.8. The van der Waals surface area contributed by atoms with Crippen LogP contribution in [-0.2, 0) is 9.47 Å². The average molecular weight is 594 g/mol. The first kappa shape index (κ1) is 30.3. The van der Waals surface area contributed by atoms with Gasteiger partial charge in [0.25, 0.3) is 0 Å². The lowest BCUT2D eigenvalue weighted by molar-refractivity contribution is -0.317. The minimum Gasteiger partial charge on any atom is -0.394 e. The van der Waals surface area contributed by atoms with Gasteiger partial charge in [0.05, 0.1) is 24.4 Å². The Bertz CT molecular complexity index is 995. The predicted octanol–water partition coefficient (Wildman–Crippen LogP) is 1.50. The van der Waals surface area contributed by atoms with Gasteiger partial charge in [-0.15, -0.1) is 0 Å². The van der Waals surface area contributed by atoms with Crippen LogP contribution in [0, 0.1) is 52.8 Å². The summed E-state index contributed by atoms with van der Waals surface area (Å²) in [6, 6.07) is 0.290. The van der Waals surface area contributed by atoms with E-state index in [4.69, 9.17) is 9.47 Å². The minimum atomic E-state index is -1.45. The van der Waals surface area contributed by atoms with Gasteiger partial charge in [-0.1, -0.05) is 13.8 Å². The second kappa shape index (κ2) is 10.9. The molecule has 0 spiro atoms. The van der Waals surface area contributed by atoms with E-state index in [-0.39, 0.29) is 23.5 Å². The molecule has 3 heterocycles. The molecule has 4 aliphatic carbocycles. The zero-order valence-electron chi connectivity index (χ0n) is 25.7. The van der Waals surface area contributed by atoms with Crippen molar-refractivity contribution in [2.45, 2.75) is 133 Å². The molecule has 0 aromatic heterocycles. The normalized spacial score (nSPS) is 59.6. The van der Waals surface area contributed by atoms with E-state index < -0.39 is 49.0 Å². The molecule has 6 N–H and O–H groups in total. The summed E-state index contributed by atoms with van der Waals surface area (Å²) in [5.41, 5.74) is -0.628. The Kier molecular flexibility index (Phi) is 7.84. The number of aliphatic hydroxyl groups excluding tert-OH is 5. The van der Waals surface area contributed by atoms with Crippen molar-refractivity contribution >= 4 is 0 Å². The fraction of sp³-hybridized carbons (Fsp3) is 1.00. The van der Waals surface area contributed by atoms with Crippen LogP contribution in [0.1, 0.15) is 78.6 Å². The van der Waals surface area contributed by atoms with Crippen molar-refractivity contribution in [3.05, 3.63) is 0 Å². The Morgan fingerprint density at radius 2 is 1.57 bits per heavy atom. The van der Waals surface area contributed by atoms with Gasteiger partial charge in [-0.25, -0.2) is 0 Å². The number of piperidine rings is 2. The molecular weight excluding hydrogens is 538 g/mol. The molecule has 240 valence electrons. The zero-order chi connectivity index (χ0) is 29.7. The van der Waals surface area contributed by atoms with Gasteiger partial charge in [0, 0.05) is 19.1 Å². The second-order valence-corrected chi connectivity index (χ2v) is 16.2. The number of nitrogens with zero attached hydrogens (tertiary/aromatic N) is 1. The molecule has 0 amide bonds. The molecule has 3 saturated heterocycles. The topological polar surface area (TPSA) is 143 Å². The van der Waals surface area contributed by atoms with E-state index in [1.54, 1.807) is 0 Å². The van der Waals surface area contributed by atoms with Crippen LogP contribution < -0.4 is 0 Å². The van der Waals surface area contributed by atoms with Crippen molar-refractivity contribution in [2.24, 2.45) is 52.8 Å². The van der Waals surface area contributed by atoms with Gasteiger partial charge in [0.1, 0.15) is 24.4 Å². The summed E-state index contributed by atoms with van der Waals surface area (Å²) in [5, 5.41) is 64.1. The largest absolute Gasteiger partial charge is 0.394 e. The van der Waals surface area contributed by atoms with Crippen molar-refractivity contribution in [3.8, 4) is 0 Å². The van der Waals surface area contributed by atoms with Gasteiger partial charge in [-0.05, 0) is 117 Å². The molecule has 0 unspecified atom stereocenters. The van der Waals surface area contributed by atoms with Crippen molar-refractivity contribution < 1.29 is 40.1 Å². The molecule has 3 aliphatic heterocycles. The molecule has 9 nitrogen and oxygen atoms in total. The quantitative estimate of drug-likeness (QED) is 0.269. The van der Waals surface area contributed by atoms with Crippen LogP contribution in [0.25, 0.3) is 0 Å². The van der Waals surface area contributed by atoms with E-state index in [0.29, 0.717) is 47.8 Å². The molecule has 0 radical (unpaired) electrons. The van der Waals surface area contributed by atoms with Crippen LogP contribution in [0.5, 0.6) is 0 Å². The molecule has 7 rings (SSSR count). The first-order chi connectivity index (χ1) is 19.9. The van der Waals surface area contributed by atoms with Crippen LogP contribution in [0.3, 0.4) is 0 Å². The van der Waals surface area contributed by atoms with E-state index in [1.165, 1.54) is 19.3 Å². The Hall–Kier alpha value is -0.360. The van der Waals surface area contributed by atoms with E-state index in [9.17, 15) is 30.6 Å². The Morgan fingerprint density at radius 3 is 2.33 bits per heavy atom. The summed E-state index contributed by atoms with van der Waals surface area (Å²) in [7, 11) is 0. The fourth-order valence-electron chi connectivity index (χ4n) is 12.1. The highest BCUT2D eigenvalue weighted by Crippen LogP contribution is 2.67. The third-order valence-electron chi connectivity index (χ3n) is 14.2. The first-order valence-corrected chi connectivity index (χ1v) is 17.0.